The lowest BCUT2D eigenvalue weighted by Crippen LogP contribution is -2.44. The number of hydrogen-bond acceptors (Lipinski definition) is 14. The highest BCUT2D eigenvalue weighted by molar-refractivity contribution is 6.01. The van der Waals surface area contributed by atoms with Crippen LogP contribution in [0.2, 0.25) is 0 Å². The fourth-order valence-electron chi connectivity index (χ4n) is 5.25. The van der Waals surface area contributed by atoms with Gasteiger partial charge < -0.3 is 39.7 Å². The number of rotatable bonds is 4. The molecule has 4 aliphatic rings. The van der Waals surface area contributed by atoms with E-state index in [-0.39, 0.29) is 12.8 Å². The van der Waals surface area contributed by atoms with Crippen LogP contribution in [-0.4, -0.2) is 91.2 Å². The van der Waals surface area contributed by atoms with Gasteiger partial charge in [-0.3, -0.25) is 52.7 Å². The number of esters is 6. The zero-order valence-corrected chi connectivity index (χ0v) is 23.9. The summed E-state index contributed by atoms with van der Waals surface area (Å²) < 4.78 is 13.0. The smallest absolute Gasteiger partial charge is 0.317 e. The van der Waals surface area contributed by atoms with Crippen LogP contribution in [0, 0.1) is 47.3 Å². The maximum Gasteiger partial charge on any atom is 0.317 e. The predicted octanol–water partition coefficient (Wildman–Crippen LogP) is -0.818. The molecular formula is C26H30O19. The van der Waals surface area contributed by atoms with Crippen LogP contribution in [0.25, 0.3) is 0 Å². The minimum absolute atomic E-state index is 0.185. The van der Waals surface area contributed by atoms with E-state index >= 15 is 0 Å². The van der Waals surface area contributed by atoms with Gasteiger partial charge in [-0.2, -0.15) is 0 Å². The molecule has 4 rings (SSSR count). The van der Waals surface area contributed by atoms with E-state index in [1.165, 1.54) is 13.8 Å². The fraction of sp³-hybridized carbons (Fsp3) is 0.577. The lowest BCUT2D eigenvalue weighted by Gasteiger charge is -2.33. The van der Waals surface area contributed by atoms with Crippen LogP contribution in [0.1, 0.15) is 46.5 Å². The minimum Gasteiger partial charge on any atom is -0.481 e. The monoisotopic (exact) mass is 646 g/mol. The number of carboxylic acids is 5. The SMILES string of the molecule is CC(=O)O.CC(=O)OC(C)=O.O=C(O)C1CC(C(=O)O)C(C(=O)O)CC1C(=O)O.O=C1OC(=O)C2CC3C(=O)OC(=O)C3CC12. The van der Waals surface area contributed by atoms with E-state index in [4.69, 9.17) is 30.3 Å². The summed E-state index contributed by atoms with van der Waals surface area (Å²) in [5.74, 6) is -17.8. The van der Waals surface area contributed by atoms with Gasteiger partial charge in [-0.15, -0.1) is 0 Å². The quantitative estimate of drug-likeness (QED) is 0.141. The molecule has 0 aromatic heterocycles. The molecule has 0 radical (unpaired) electrons. The van der Waals surface area contributed by atoms with Gasteiger partial charge in [0.2, 0.25) is 0 Å². The molecule has 0 spiro atoms. The summed E-state index contributed by atoms with van der Waals surface area (Å²) in [6, 6.07) is 0. The van der Waals surface area contributed by atoms with Crippen LogP contribution in [0.3, 0.4) is 0 Å². The average Bonchev–Trinajstić information content (AvgIpc) is 3.34. The number of aliphatic carboxylic acids is 5. The van der Waals surface area contributed by atoms with Crippen molar-refractivity contribution >= 4 is 65.7 Å². The molecular weight excluding hydrogens is 616 g/mol. The predicted molar refractivity (Wildman–Crippen MR) is 135 cm³/mol. The molecule has 248 valence electrons. The second-order valence-electron chi connectivity index (χ2n) is 10.2. The van der Waals surface area contributed by atoms with Crippen molar-refractivity contribution in [1.29, 1.82) is 0 Å². The highest BCUT2D eigenvalue weighted by Crippen LogP contribution is 2.46. The Morgan fingerprint density at radius 1 is 0.489 bits per heavy atom. The molecule has 8 atom stereocenters. The topological polar surface area (TPSA) is 317 Å². The van der Waals surface area contributed by atoms with Crippen LogP contribution in [-0.2, 0) is 67.0 Å². The molecule has 19 nitrogen and oxygen atoms in total. The number of ether oxygens (including phenoxy) is 3. The standard InChI is InChI=1S/C10H12O8.C10H8O6.C4H6O3.C2H4O2/c11-7(12)3-1-4(8(13)14)6(10(17)18)2-5(3)9(15)16;11-7-3-1-4-6(10(14)16-8(4)12)2-5(3)9(13)15-7;1-3(5)7-4(2)6;1-2(3)4/h3-6H,1-2H2,(H,11,12)(H,13,14)(H,15,16)(H,17,18);3-6H,1-2H2;1-2H3;1H3,(H,3,4). The summed E-state index contributed by atoms with van der Waals surface area (Å²) in [5, 5.41) is 42.9. The molecule has 2 saturated heterocycles. The van der Waals surface area contributed by atoms with Crippen molar-refractivity contribution in [2.45, 2.75) is 46.5 Å². The Kier molecular flexibility index (Phi) is 13.4. The number of carbonyl (C=O) groups is 11. The molecule has 0 aromatic carbocycles. The van der Waals surface area contributed by atoms with Crippen molar-refractivity contribution in [3.63, 3.8) is 0 Å². The number of carbonyl (C=O) groups excluding carboxylic acids is 6. The van der Waals surface area contributed by atoms with E-state index in [0.29, 0.717) is 0 Å². The third-order valence-corrected chi connectivity index (χ3v) is 7.14. The van der Waals surface area contributed by atoms with Crippen molar-refractivity contribution in [2.75, 3.05) is 0 Å². The number of cyclic esters (lactones) is 4. The van der Waals surface area contributed by atoms with Crippen molar-refractivity contribution in [2.24, 2.45) is 47.3 Å². The van der Waals surface area contributed by atoms with Gasteiger partial charge in [0, 0.05) is 20.8 Å². The molecule has 2 heterocycles. The average molecular weight is 647 g/mol. The first-order valence-corrected chi connectivity index (χ1v) is 13.0. The molecule has 0 aromatic rings. The van der Waals surface area contributed by atoms with Crippen molar-refractivity contribution in [3.8, 4) is 0 Å². The van der Waals surface area contributed by atoms with Crippen LogP contribution < -0.4 is 0 Å². The zero-order chi connectivity index (χ0) is 34.9. The number of hydrogen-bond donors (Lipinski definition) is 5. The van der Waals surface area contributed by atoms with Gasteiger partial charge in [0.15, 0.2) is 0 Å². The largest absolute Gasteiger partial charge is 0.481 e. The Morgan fingerprint density at radius 3 is 0.822 bits per heavy atom. The fourth-order valence-corrected chi connectivity index (χ4v) is 5.25. The first-order chi connectivity index (χ1) is 20.7. The third kappa shape index (κ3) is 10.5. The number of carboxylic acid groups (broad SMARTS) is 5. The lowest BCUT2D eigenvalue weighted by atomic mass is 9.68. The molecule has 4 fully saturated rings. The van der Waals surface area contributed by atoms with E-state index < -0.39 is 126 Å². The van der Waals surface area contributed by atoms with Gasteiger partial charge in [-0.25, -0.2) is 0 Å². The van der Waals surface area contributed by atoms with Gasteiger partial charge in [-0.05, 0) is 25.7 Å². The van der Waals surface area contributed by atoms with Crippen LogP contribution >= 0.6 is 0 Å². The van der Waals surface area contributed by atoms with Crippen LogP contribution in [0.4, 0.5) is 0 Å². The first kappa shape index (κ1) is 37.8. The van der Waals surface area contributed by atoms with E-state index in [1.54, 1.807) is 0 Å². The molecule has 2 aliphatic carbocycles. The summed E-state index contributed by atoms with van der Waals surface area (Å²) >= 11 is 0. The molecule has 2 aliphatic heterocycles. The Morgan fingerprint density at radius 2 is 0.689 bits per heavy atom. The number of fused-ring (bicyclic) bond motifs is 2. The molecule has 19 heteroatoms. The van der Waals surface area contributed by atoms with Crippen molar-refractivity contribution in [1.82, 2.24) is 0 Å². The molecule has 5 N–H and O–H groups in total. The maximum atomic E-state index is 11.3. The summed E-state index contributed by atoms with van der Waals surface area (Å²) in [5.41, 5.74) is 0. The normalized spacial score (nSPS) is 29.1. The summed E-state index contributed by atoms with van der Waals surface area (Å²) in [7, 11) is 0. The molecule has 0 amide bonds. The summed E-state index contributed by atoms with van der Waals surface area (Å²) in [6.07, 6.45) is -0.605. The summed E-state index contributed by atoms with van der Waals surface area (Å²) in [4.78, 5) is 118. The first-order valence-electron chi connectivity index (χ1n) is 13.0. The van der Waals surface area contributed by atoms with Gasteiger partial charge in [0.25, 0.3) is 5.97 Å². The van der Waals surface area contributed by atoms with Crippen molar-refractivity contribution < 1.29 is 92.5 Å². The second-order valence-corrected chi connectivity index (χ2v) is 10.2. The van der Waals surface area contributed by atoms with E-state index in [9.17, 15) is 47.9 Å². The molecule has 2 saturated carbocycles. The van der Waals surface area contributed by atoms with E-state index in [0.717, 1.165) is 6.92 Å². The molecule has 45 heavy (non-hydrogen) atoms. The lowest BCUT2D eigenvalue weighted by molar-refractivity contribution is -0.167. The van der Waals surface area contributed by atoms with Gasteiger partial charge in [0.05, 0.1) is 47.3 Å². The minimum atomic E-state index is -1.42. The zero-order valence-electron chi connectivity index (χ0n) is 23.9. The van der Waals surface area contributed by atoms with Crippen molar-refractivity contribution in [3.05, 3.63) is 0 Å². The summed E-state index contributed by atoms with van der Waals surface area (Å²) in [6.45, 7) is 3.45. The molecule has 0 bridgehead atoms. The molecule has 8 unspecified atom stereocenters. The Hall–Kier alpha value is -5.23. The van der Waals surface area contributed by atoms with Gasteiger partial charge in [0.1, 0.15) is 0 Å². The maximum absolute atomic E-state index is 11.3. The van der Waals surface area contributed by atoms with Crippen LogP contribution in [0.5, 0.6) is 0 Å². The Balaban J connectivity index is 0.000000342. The highest BCUT2D eigenvalue weighted by atomic mass is 16.6. The van der Waals surface area contributed by atoms with Gasteiger partial charge >= 0.3 is 59.7 Å². The third-order valence-electron chi connectivity index (χ3n) is 7.14. The second kappa shape index (κ2) is 16.0. The van der Waals surface area contributed by atoms with Crippen LogP contribution in [0.15, 0.2) is 0 Å². The Bertz CT molecular complexity index is 1110. The van der Waals surface area contributed by atoms with E-state index in [2.05, 4.69) is 14.2 Å². The highest BCUT2D eigenvalue weighted by Gasteiger charge is 2.57. The Labute approximate surface area is 252 Å². The van der Waals surface area contributed by atoms with Gasteiger partial charge in [-0.1, -0.05) is 0 Å². The van der Waals surface area contributed by atoms with E-state index in [1.807, 2.05) is 0 Å².